The highest BCUT2D eigenvalue weighted by Crippen LogP contribution is 2.14. The van der Waals surface area contributed by atoms with Gasteiger partial charge in [0.15, 0.2) is 0 Å². The highest BCUT2D eigenvalue weighted by atomic mass is 15.2. The molecule has 15 heavy (non-hydrogen) atoms. The summed E-state index contributed by atoms with van der Waals surface area (Å²) in [6, 6.07) is 3.91. The first-order chi connectivity index (χ1) is 7.25. The number of hydrogen-bond donors (Lipinski definition) is 1. The highest BCUT2D eigenvalue weighted by molar-refractivity contribution is 5.45. The van der Waals surface area contributed by atoms with Gasteiger partial charge in [0.2, 0.25) is 0 Å². The number of likely N-dealkylation sites (N-methyl/N-ethyl adjacent to an activating group) is 1. The van der Waals surface area contributed by atoms with Crippen LogP contribution in [0.1, 0.15) is 6.42 Å². The smallest absolute Gasteiger partial charge is 0.128 e. The van der Waals surface area contributed by atoms with Gasteiger partial charge in [-0.25, -0.2) is 4.98 Å². The summed E-state index contributed by atoms with van der Waals surface area (Å²) in [5, 5.41) is 0. The van der Waals surface area contributed by atoms with Gasteiger partial charge in [-0.1, -0.05) is 0 Å². The van der Waals surface area contributed by atoms with Gasteiger partial charge in [-0.15, -0.1) is 0 Å². The SMILES string of the molecule is CN1CCCN(c2ccc(N)cn2)CC1. The standard InChI is InChI=1S/C11H18N4/c1-14-5-2-6-15(8-7-14)11-4-3-10(12)9-13-11/h3-4,9H,2,5-8,12H2,1H3. The molecular weight excluding hydrogens is 188 g/mol. The van der Waals surface area contributed by atoms with Crippen LogP contribution in [-0.4, -0.2) is 43.1 Å². The molecule has 2 rings (SSSR count). The van der Waals surface area contributed by atoms with Crippen LogP contribution in [-0.2, 0) is 0 Å². The second kappa shape index (κ2) is 4.49. The normalized spacial score (nSPS) is 18.9. The van der Waals surface area contributed by atoms with E-state index in [0.29, 0.717) is 0 Å². The molecule has 0 aromatic carbocycles. The van der Waals surface area contributed by atoms with Crippen molar-refractivity contribution in [2.24, 2.45) is 0 Å². The second-order valence-corrected chi connectivity index (χ2v) is 4.09. The van der Waals surface area contributed by atoms with E-state index in [4.69, 9.17) is 5.73 Å². The Balaban J connectivity index is 2.06. The van der Waals surface area contributed by atoms with E-state index in [9.17, 15) is 0 Å². The Kier molecular flexibility index (Phi) is 3.06. The van der Waals surface area contributed by atoms with E-state index in [1.807, 2.05) is 12.1 Å². The van der Waals surface area contributed by atoms with Gasteiger partial charge < -0.3 is 15.5 Å². The molecule has 0 bridgehead atoms. The fourth-order valence-electron chi connectivity index (χ4n) is 1.86. The molecule has 0 aliphatic carbocycles. The third-order valence-electron chi connectivity index (χ3n) is 2.81. The quantitative estimate of drug-likeness (QED) is 0.738. The van der Waals surface area contributed by atoms with E-state index < -0.39 is 0 Å². The highest BCUT2D eigenvalue weighted by Gasteiger charge is 2.12. The van der Waals surface area contributed by atoms with E-state index in [1.54, 1.807) is 6.20 Å². The molecule has 0 unspecified atom stereocenters. The van der Waals surface area contributed by atoms with Gasteiger partial charge in [0.1, 0.15) is 5.82 Å². The Labute approximate surface area is 90.7 Å². The van der Waals surface area contributed by atoms with Crippen molar-refractivity contribution < 1.29 is 0 Å². The van der Waals surface area contributed by atoms with Gasteiger partial charge >= 0.3 is 0 Å². The summed E-state index contributed by atoms with van der Waals surface area (Å²) in [6.45, 7) is 4.41. The fraction of sp³-hybridized carbons (Fsp3) is 0.545. The molecule has 1 fully saturated rings. The van der Waals surface area contributed by atoms with Crippen LogP contribution in [0.25, 0.3) is 0 Å². The summed E-state index contributed by atoms with van der Waals surface area (Å²) in [4.78, 5) is 9.03. The van der Waals surface area contributed by atoms with E-state index in [2.05, 4.69) is 21.8 Å². The first kappa shape index (κ1) is 10.2. The predicted molar refractivity (Wildman–Crippen MR) is 63.0 cm³/mol. The number of anilines is 2. The van der Waals surface area contributed by atoms with Gasteiger partial charge in [0.05, 0.1) is 11.9 Å². The minimum atomic E-state index is 0.727. The molecule has 0 amide bonds. The Morgan fingerprint density at radius 1 is 1.20 bits per heavy atom. The zero-order valence-corrected chi connectivity index (χ0v) is 9.19. The van der Waals surface area contributed by atoms with E-state index in [1.165, 1.54) is 13.0 Å². The molecule has 1 aliphatic rings. The summed E-state index contributed by atoms with van der Waals surface area (Å²) in [5.74, 6) is 1.04. The van der Waals surface area contributed by atoms with Crippen molar-refractivity contribution in [1.29, 1.82) is 0 Å². The van der Waals surface area contributed by atoms with Crippen molar-refractivity contribution in [3.05, 3.63) is 18.3 Å². The van der Waals surface area contributed by atoms with Gasteiger partial charge in [0, 0.05) is 19.6 Å². The summed E-state index contributed by atoms with van der Waals surface area (Å²) in [6.07, 6.45) is 2.92. The Morgan fingerprint density at radius 3 is 2.80 bits per heavy atom. The van der Waals surface area contributed by atoms with Gasteiger partial charge in [-0.2, -0.15) is 0 Å². The van der Waals surface area contributed by atoms with Crippen molar-refractivity contribution in [2.45, 2.75) is 6.42 Å². The number of nitrogens with two attached hydrogens (primary N) is 1. The number of nitrogens with zero attached hydrogens (tertiary/aromatic N) is 3. The number of rotatable bonds is 1. The zero-order chi connectivity index (χ0) is 10.7. The third-order valence-corrected chi connectivity index (χ3v) is 2.81. The lowest BCUT2D eigenvalue weighted by molar-refractivity contribution is 0.360. The largest absolute Gasteiger partial charge is 0.397 e. The Hall–Kier alpha value is -1.29. The minimum absolute atomic E-state index is 0.727. The summed E-state index contributed by atoms with van der Waals surface area (Å²) in [7, 11) is 2.17. The molecule has 1 aromatic heterocycles. The molecule has 0 atom stereocenters. The minimum Gasteiger partial charge on any atom is -0.397 e. The molecule has 1 aliphatic heterocycles. The van der Waals surface area contributed by atoms with Crippen LogP contribution in [0.4, 0.5) is 11.5 Å². The molecule has 82 valence electrons. The number of aromatic nitrogens is 1. The van der Waals surface area contributed by atoms with Gasteiger partial charge in [-0.05, 0) is 32.1 Å². The lowest BCUT2D eigenvalue weighted by atomic mass is 10.3. The van der Waals surface area contributed by atoms with Crippen molar-refractivity contribution in [2.75, 3.05) is 43.9 Å². The molecule has 4 heteroatoms. The maximum Gasteiger partial charge on any atom is 0.128 e. The molecule has 2 heterocycles. The Bertz CT molecular complexity index is 309. The van der Waals surface area contributed by atoms with Crippen LogP contribution in [0.15, 0.2) is 18.3 Å². The van der Waals surface area contributed by atoms with E-state index in [0.717, 1.165) is 31.1 Å². The average molecular weight is 206 g/mol. The van der Waals surface area contributed by atoms with Crippen molar-refractivity contribution in [1.82, 2.24) is 9.88 Å². The predicted octanol–water partition coefficient (Wildman–Crippen LogP) is 0.806. The van der Waals surface area contributed by atoms with Crippen molar-refractivity contribution >= 4 is 11.5 Å². The molecule has 0 saturated carbocycles. The lowest BCUT2D eigenvalue weighted by Crippen LogP contribution is -2.29. The number of pyridine rings is 1. The average Bonchev–Trinajstić information content (AvgIpc) is 2.44. The number of nitrogen functional groups attached to an aromatic ring is 1. The summed E-state index contributed by atoms with van der Waals surface area (Å²) < 4.78 is 0. The van der Waals surface area contributed by atoms with Crippen LogP contribution < -0.4 is 10.6 Å². The Morgan fingerprint density at radius 2 is 2.07 bits per heavy atom. The molecule has 4 nitrogen and oxygen atoms in total. The summed E-state index contributed by atoms with van der Waals surface area (Å²) in [5.41, 5.74) is 6.35. The van der Waals surface area contributed by atoms with Crippen LogP contribution in [0.3, 0.4) is 0 Å². The fourth-order valence-corrected chi connectivity index (χ4v) is 1.86. The maximum atomic E-state index is 5.62. The second-order valence-electron chi connectivity index (χ2n) is 4.09. The monoisotopic (exact) mass is 206 g/mol. The third kappa shape index (κ3) is 2.59. The molecule has 0 spiro atoms. The van der Waals surface area contributed by atoms with Crippen LogP contribution in [0.2, 0.25) is 0 Å². The maximum absolute atomic E-state index is 5.62. The molecule has 1 saturated heterocycles. The zero-order valence-electron chi connectivity index (χ0n) is 9.19. The van der Waals surface area contributed by atoms with Crippen LogP contribution >= 0.6 is 0 Å². The molecule has 2 N–H and O–H groups in total. The van der Waals surface area contributed by atoms with Crippen LogP contribution in [0.5, 0.6) is 0 Å². The first-order valence-electron chi connectivity index (χ1n) is 5.41. The molecular formula is C11H18N4. The van der Waals surface area contributed by atoms with Crippen LogP contribution in [0, 0.1) is 0 Å². The molecule has 1 aromatic rings. The summed E-state index contributed by atoms with van der Waals surface area (Å²) >= 11 is 0. The van der Waals surface area contributed by atoms with Crippen molar-refractivity contribution in [3.8, 4) is 0 Å². The van der Waals surface area contributed by atoms with Gasteiger partial charge in [0.25, 0.3) is 0 Å². The van der Waals surface area contributed by atoms with E-state index >= 15 is 0 Å². The first-order valence-corrected chi connectivity index (χ1v) is 5.41. The topological polar surface area (TPSA) is 45.4 Å². The van der Waals surface area contributed by atoms with E-state index in [-0.39, 0.29) is 0 Å². The number of hydrogen-bond acceptors (Lipinski definition) is 4. The van der Waals surface area contributed by atoms with Gasteiger partial charge in [-0.3, -0.25) is 0 Å². The van der Waals surface area contributed by atoms with Crippen molar-refractivity contribution in [3.63, 3.8) is 0 Å². The lowest BCUT2D eigenvalue weighted by Gasteiger charge is -2.21. The molecule has 0 radical (unpaired) electrons.